The molecule has 0 saturated heterocycles. The molecule has 6 heteroatoms. The second kappa shape index (κ2) is 8.01. The van der Waals surface area contributed by atoms with Crippen molar-refractivity contribution in [2.24, 2.45) is 0 Å². The fourth-order valence-corrected chi connectivity index (χ4v) is 2.63. The Morgan fingerprint density at radius 2 is 1.67 bits per heavy atom. The molecule has 1 heterocycles. The zero-order valence-corrected chi connectivity index (χ0v) is 15.7. The van der Waals surface area contributed by atoms with Gasteiger partial charge in [-0.05, 0) is 67.4 Å². The summed E-state index contributed by atoms with van der Waals surface area (Å²) in [5, 5.41) is 6.19. The summed E-state index contributed by atoms with van der Waals surface area (Å²) in [6.07, 6.45) is 1.44. The number of halogens is 1. The lowest BCUT2D eigenvalue weighted by molar-refractivity contribution is 0.102. The molecule has 0 radical (unpaired) electrons. The molecule has 2 amide bonds. The number of benzene rings is 2. The molecule has 0 spiro atoms. The highest BCUT2D eigenvalue weighted by atomic mass is 35.5. The Kier molecular flexibility index (Phi) is 5.52. The van der Waals surface area contributed by atoms with Gasteiger partial charge in [0.15, 0.2) is 0 Å². The summed E-state index contributed by atoms with van der Waals surface area (Å²) < 4.78 is 0. The smallest absolute Gasteiger partial charge is 0.274 e. The molecule has 2 N–H and O–H groups in total. The van der Waals surface area contributed by atoms with Crippen LogP contribution in [0.25, 0.3) is 0 Å². The van der Waals surface area contributed by atoms with Crippen LogP contribution in [0.3, 0.4) is 0 Å². The third kappa shape index (κ3) is 4.51. The summed E-state index contributed by atoms with van der Waals surface area (Å²) in [4.78, 5) is 29.0. The van der Waals surface area contributed by atoms with Crippen molar-refractivity contribution in [3.63, 3.8) is 0 Å². The minimum Gasteiger partial charge on any atom is -0.322 e. The molecule has 3 rings (SSSR count). The Labute approximate surface area is 162 Å². The van der Waals surface area contributed by atoms with Crippen molar-refractivity contribution in [1.29, 1.82) is 0 Å². The van der Waals surface area contributed by atoms with Gasteiger partial charge in [-0.25, -0.2) is 0 Å². The summed E-state index contributed by atoms with van der Waals surface area (Å²) in [6, 6.07) is 15.5. The fourth-order valence-electron chi connectivity index (χ4n) is 2.51. The van der Waals surface area contributed by atoms with Crippen molar-refractivity contribution < 1.29 is 9.59 Å². The van der Waals surface area contributed by atoms with Crippen LogP contribution in [0, 0.1) is 13.8 Å². The maximum atomic E-state index is 12.5. The number of hydrogen-bond donors (Lipinski definition) is 2. The average Bonchev–Trinajstić information content (AvgIpc) is 2.67. The second-order valence-electron chi connectivity index (χ2n) is 6.09. The first kappa shape index (κ1) is 18.6. The minimum atomic E-state index is -0.371. The van der Waals surface area contributed by atoms with Crippen molar-refractivity contribution in [1.82, 2.24) is 4.98 Å². The number of hydrogen-bond acceptors (Lipinski definition) is 3. The minimum absolute atomic E-state index is 0.166. The van der Waals surface area contributed by atoms with Gasteiger partial charge in [-0.1, -0.05) is 23.7 Å². The molecule has 3 aromatic rings. The first-order valence-corrected chi connectivity index (χ1v) is 8.72. The Balaban J connectivity index is 1.76. The van der Waals surface area contributed by atoms with Gasteiger partial charge in [-0.3, -0.25) is 14.6 Å². The third-order valence-electron chi connectivity index (χ3n) is 4.21. The van der Waals surface area contributed by atoms with E-state index in [0.29, 0.717) is 16.3 Å². The number of carbonyl (C=O) groups excluding carboxylic acids is 2. The first-order chi connectivity index (χ1) is 12.9. The van der Waals surface area contributed by atoms with Crippen molar-refractivity contribution in [2.75, 3.05) is 10.6 Å². The van der Waals surface area contributed by atoms with Crippen LogP contribution in [-0.2, 0) is 0 Å². The molecule has 27 heavy (non-hydrogen) atoms. The number of carbonyl (C=O) groups is 2. The SMILES string of the molecule is Cc1cccc(NC(=O)c2cc(C(=O)Nc3ccc(Cl)cc3)ccn2)c1C. The highest BCUT2D eigenvalue weighted by Crippen LogP contribution is 2.19. The first-order valence-electron chi connectivity index (χ1n) is 8.34. The number of nitrogens with zero attached hydrogens (tertiary/aromatic N) is 1. The number of rotatable bonds is 4. The molecule has 0 bridgehead atoms. The maximum absolute atomic E-state index is 12.5. The van der Waals surface area contributed by atoms with Crippen molar-refractivity contribution in [3.8, 4) is 0 Å². The predicted molar refractivity (Wildman–Crippen MR) is 108 cm³/mol. The summed E-state index contributed by atoms with van der Waals surface area (Å²) >= 11 is 5.84. The van der Waals surface area contributed by atoms with Gasteiger partial charge in [0.05, 0.1) is 0 Å². The van der Waals surface area contributed by atoms with Gasteiger partial charge in [-0.15, -0.1) is 0 Å². The Bertz CT molecular complexity index is 1000. The van der Waals surface area contributed by atoms with Crippen LogP contribution in [0.1, 0.15) is 32.0 Å². The molecule has 0 fully saturated rings. The van der Waals surface area contributed by atoms with Crippen LogP contribution in [0.15, 0.2) is 60.8 Å². The largest absolute Gasteiger partial charge is 0.322 e. The molecule has 0 aliphatic carbocycles. The van der Waals surface area contributed by atoms with E-state index in [-0.39, 0.29) is 17.5 Å². The molecule has 0 saturated carbocycles. The molecule has 0 aliphatic heterocycles. The Morgan fingerprint density at radius 3 is 2.41 bits per heavy atom. The molecular formula is C21H18ClN3O2. The Morgan fingerprint density at radius 1 is 0.926 bits per heavy atom. The number of amides is 2. The van der Waals surface area contributed by atoms with E-state index in [2.05, 4.69) is 15.6 Å². The van der Waals surface area contributed by atoms with E-state index < -0.39 is 0 Å². The average molecular weight is 380 g/mol. The predicted octanol–water partition coefficient (Wildman–Crippen LogP) is 4.86. The van der Waals surface area contributed by atoms with E-state index in [1.165, 1.54) is 12.3 Å². The second-order valence-corrected chi connectivity index (χ2v) is 6.53. The Hall–Kier alpha value is -3.18. The van der Waals surface area contributed by atoms with E-state index in [4.69, 9.17) is 11.6 Å². The van der Waals surface area contributed by atoms with Gasteiger partial charge in [-0.2, -0.15) is 0 Å². The van der Waals surface area contributed by atoms with Crippen molar-refractivity contribution in [3.05, 3.63) is 88.2 Å². The van der Waals surface area contributed by atoms with Crippen LogP contribution in [0.5, 0.6) is 0 Å². The maximum Gasteiger partial charge on any atom is 0.274 e. The van der Waals surface area contributed by atoms with E-state index in [1.807, 2.05) is 32.0 Å². The zero-order chi connectivity index (χ0) is 19.4. The van der Waals surface area contributed by atoms with Crippen molar-refractivity contribution in [2.45, 2.75) is 13.8 Å². The standard InChI is InChI=1S/C21H18ClN3O2/c1-13-4-3-5-18(14(13)2)25-21(27)19-12-15(10-11-23-19)20(26)24-17-8-6-16(22)7-9-17/h3-12H,1-2H3,(H,24,26)(H,25,27). The highest BCUT2D eigenvalue weighted by molar-refractivity contribution is 6.30. The summed E-state index contributed by atoms with van der Waals surface area (Å²) in [5.74, 6) is -0.703. The molecule has 0 unspecified atom stereocenters. The number of pyridine rings is 1. The lowest BCUT2D eigenvalue weighted by Crippen LogP contribution is -2.17. The number of aromatic nitrogens is 1. The van der Waals surface area contributed by atoms with Crippen LogP contribution in [-0.4, -0.2) is 16.8 Å². The van der Waals surface area contributed by atoms with E-state index in [9.17, 15) is 9.59 Å². The quantitative estimate of drug-likeness (QED) is 0.680. The van der Waals surface area contributed by atoms with Crippen LogP contribution in [0.2, 0.25) is 5.02 Å². The van der Waals surface area contributed by atoms with Gasteiger partial charge in [0.2, 0.25) is 0 Å². The van der Waals surface area contributed by atoms with E-state index in [1.54, 1.807) is 30.3 Å². The topological polar surface area (TPSA) is 71.1 Å². The molecule has 1 aromatic heterocycles. The fraction of sp³-hybridized carbons (Fsp3) is 0.0952. The third-order valence-corrected chi connectivity index (χ3v) is 4.46. The molecule has 0 aliphatic rings. The molecule has 136 valence electrons. The van der Waals surface area contributed by atoms with E-state index >= 15 is 0 Å². The normalized spacial score (nSPS) is 10.3. The molecular weight excluding hydrogens is 362 g/mol. The van der Waals surface area contributed by atoms with Gasteiger partial charge >= 0.3 is 0 Å². The molecule has 5 nitrogen and oxygen atoms in total. The van der Waals surface area contributed by atoms with Gasteiger partial charge in [0.1, 0.15) is 5.69 Å². The monoisotopic (exact) mass is 379 g/mol. The van der Waals surface area contributed by atoms with Crippen LogP contribution < -0.4 is 10.6 Å². The van der Waals surface area contributed by atoms with Gasteiger partial charge < -0.3 is 10.6 Å². The lowest BCUT2D eigenvalue weighted by atomic mass is 10.1. The highest BCUT2D eigenvalue weighted by Gasteiger charge is 2.13. The van der Waals surface area contributed by atoms with Crippen LogP contribution >= 0.6 is 11.6 Å². The van der Waals surface area contributed by atoms with Gasteiger partial charge in [0, 0.05) is 28.2 Å². The number of nitrogens with one attached hydrogen (secondary N) is 2. The molecule has 0 atom stereocenters. The summed E-state index contributed by atoms with van der Waals surface area (Å²) in [7, 11) is 0. The summed E-state index contributed by atoms with van der Waals surface area (Å²) in [6.45, 7) is 3.92. The molecule has 2 aromatic carbocycles. The van der Waals surface area contributed by atoms with Crippen molar-refractivity contribution >= 4 is 34.8 Å². The van der Waals surface area contributed by atoms with Gasteiger partial charge in [0.25, 0.3) is 11.8 Å². The van der Waals surface area contributed by atoms with E-state index in [0.717, 1.165) is 16.8 Å². The lowest BCUT2D eigenvalue weighted by Gasteiger charge is -2.10. The number of aryl methyl sites for hydroxylation is 1. The number of anilines is 2. The van der Waals surface area contributed by atoms with Crippen LogP contribution in [0.4, 0.5) is 11.4 Å². The zero-order valence-electron chi connectivity index (χ0n) is 14.9. The summed E-state index contributed by atoms with van der Waals surface area (Å²) in [5.41, 5.74) is 3.91.